The van der Waals surface area contributed by atoms with Crippen LogP contribution in [0.5, 0.6) is 0 Å². The third kappa shape index (κ3) is 10.2. The summed E-state index contributed by atoms with van der Waals surface area (Å²) < 4.78 is 10.2. The molecule has 5 nitrogen and oxygen atoms in total. The average molecular weight is 301 g/mol. The molecule has 0 saturated carbocycles. The molecule has 0 heterocycles. The molecule has 0 saturated heterocycles. The van der Waals surface area contributed by atoms with Crippen molar-refractivity contribution in [3.8, 4) is 0 Å². The SMILES string of the molecule is CCCCCCN(C(=O)OCCCC)C(=O)OCCCC. The Kier molecular flexibility index (Phi) is 12.9. The largest absolute Gasteiger partial charge is 0.449 e. The lowest BCUT2D eigenvalue weighted by molar-refractivity contribution is 0.0747. The molecule has 2 amide bonds. The van der Waals surface area contributed by atoms with Crippen LogP contribution in [-0.4, -0.2) is 36.8 Å². The summed E-state index contributed by atoms with van der Waals surface area (Å²) in [7, 11) is 0. The first-order chi connectivity index (χ1) is 10.2. The van der Waals surface area contributed by atoms with Crippen LogP contribution in [0.3, 0.4) is 0 Å². The Morgan fingerprint density at radius 3 is 1.62 bits per heavy atom. The monoisotopic (exact) mass is 301 g/mol. The van der Waals surface area contributed by atoms with Crippen molar-refractivity contribution in [3.05, 3.63) is 0 Å². The Morgan fingerprint density at radius 1 is 0.714 bits per heavy atom. The number of amides is 2. The molecular weight excluding hydrogens is 270 g/mol. The van der Waals surface area contributed by atoms with Crippen molar-refractivity contribution in [2.45, 2.75) is 72.1 Å². The molecule has 0 aromatic heterocycles. The van der Waals surface area contributed by atoms with Crippen molar-refractivity contribution in [2.75, 3.05) is 19.8 Å². The molecule has 0 aliphatic rings. The fourth-order valence-corrected chi connectivity index (χ4v) is 1.72. The first kappa shape index (κ1) is 19.7. The molecule has 0 spiro atoms. The van der Waals surface area contributed by atoms with Gasteiger partial charge >= 0.3 is 12.2 Å². The molecule has 21 heavy (non-hydrogen) atoms. The molecule has 0 unspecified atom stereocenters. The molecule has 0 aromatic carbocycles. The molecule has 0 fully saturated rings. The number of carbonyl (C=O) groups is 2. The first-order valence-corrected chi connectivity index (χ1v) is 8.28. The van der Waals surface area contributed by atoms with Crippen molar-refractivity contribution in [1.82, 2.24) is 4.90 Å². The van der Waals surface area contributed by atoms with Gasteiger partial charge in [-0.2, -0.15) is 0 Å². The van der Waals surface area contributed by atoms with Crippen molar-refractivity contribution < 1.29 is 19.1 Å². The summed E-state index contributed by atoms with van der Waals surface area (Å²) in [4.78, 5) is 25.0. The third-order valence-corrected chi connectivity index (χ3v) is 3.12. The molecule has 0 atom stereocenters. The first-order valence-electron chi connectivity index (χ1n) is 8.28. The van der Waals surface area contributed by atoms with E-state index in [0.717, 1.165) is 56.3 Å². The molecule has 124 valence electrons. The van der Waals surface area contributed by atoms with E-state index in [-0.39, 0.29) is 0 Å². The molecule has 0 bridgehead atoms. The second kappa shape index (κ2) is 13.7. The number of nitrogens with zero attached hydrogens (tertiary/aromatic N) is 1. The molecule has 0 aromatic rings. The fourth-order valence-electron chi connectivity index (χ4n) is 1.72. The van der Waals surface area contributed by atoms with Gasteiger partial charge in [0.25, 0.3) is 0 Å². The van der Waals surface area contributed by atoms with Gasteiger partial charge in [-0.3, -0.25) is 0 Å². The number of hydrogen-bond donors (Lipinski definition) is 0. The standard InChI is InChI=1S/C16H31NO4/c1-4-7-10-11-12-17(15(18)20-13-8-5-2)16(19)21-14-9-6-3/h4-14H2,1-3H3. The maximum atomic E-state index is 12.0. The summed E-state index contributed by atoms with van der Waals surface area (Å²) >= 11 is 0. The van der Waals surface area contributed by atoms with E-state index in [0.29, 0.717) is 19.8 Å². The van der Waals surface area contributed by atoms with E-state index in [1.54, 1.807) is 0 Å². The van der Waals surface area contributed by atoms with Crippen LogP contribution < -0.4 is 0 Å². The Labute approximate surface area is 129 Å². The summed E-state index contributed by atoms with van der Waals surface area (Å²) in [6, 6.07) is 0. The molecule has 0 aliphatic carbocycles. The maximum Gasteiger partial charge on any atom is 0.419 e. The summed E-state index contributed by atoms with van der Waals surface area (Å²) in [6.45, 7) is 7.24. The average Bonchev–Trinajstić information content (AvgIpc) is 2.47. The highest BCUT2D eigenvalue weighted by molar-refractivity contribution is 5.87. The Hall–Kier alpha value is -1.26. The lowest BCUT2D eigenvalue weighted by Crippen LogP contribution is -2.38. The third-order valence-electron chi connectivity index (χ3n) is 3.12. The molecule has 0 N–H and O–H groups in total. The van der Waals surface area contributed by atoms with Gasteiger partial charge in [0.1, 0.15) is 0 Å². The minimum absolute atomic E-state index is 0.350. The minimum Gasteiger partial charge on any atom is -0.449 e. The second-order valence-electron chi connectivity index (χ2n) is 5.15. The van der Waals surface area contributed by atoms with Gasteiger partial charge < -0.3 is 9.47 Å². The number of imide groups is 1. The number of unbranched alkanes of at least 4 members (excludes halogenated alkanes) is 5. The van der Waals surface area contributed by atoms with E-state index in [1.807, 2.05) is 13.8 Å². The van der Waals surface area contributed by atoms with Crippen LogP contribution in [0.25, 0.3) is 0 Å². The number of rotatable bonds is 11. The topological polar surface area (TPSA) is 55.8 Å². The van der Waals surface area contributed by atoms with Crippen LogP contribution in [0.4, 0.5) is 9.59 Å². The lowest BCUT2D eigenvalue weighted by Gasteiger charge is -2.20. The predicted octanol–water partition coefficient (Wildman–Crippen LogP) is 4.74. The molecular formula is C16H31NO4. The van der Waals surface area contributed by atoms with Crippen LogP contribution in [-0.2, 0) is 9.47 Å². The fraction of sp³-hybridized carbons (Fsp3) is 0.875. The highest BCUT2D eigenvalue weighted by Gasteiger charge is 2.23. The zero-order valence-corrected chi connectivity index (χ0v) is 13.9. The van der Waals surface area contributed by atoms with Gasteiger partial charge in [0.15, 0.2) is 0 Å². The van der Waals surface area contributed by atoms with Crippen molar-refractivity contribution in [1.29, 1.82) is 0 Å². The van der Waals surface area contributed by atoms with E-state index < -0.39 is 12.2 Å². The Balaban J connectivity index is 4.30. The van der Waals surface area contributed by atoms with Crippen LogP contribution >= 0.6 is 0 Å². The molecule has 0 aliphatic heterocycles. The van der Waals surface area contributed by atoms with Gasteiger partial charge in [-0.05, 0) is 19.3 Å². The van der Waals surface area contributed by atoms with Gasteiger partial charge in [-0.15, -0.1) is 0 Å². The zero-order chi connectivity index (χ0) is 15.9. The Bertz CT molecular complexity index is 259. The van der Waals surface area contributed by atoms with E-state index in [4.69, 9.17) is 9.47 Å². The Morgan fingerprint density at radius 2 is 1.19 bits per heavy atom. The van der Waals surface area contributed by atoms with E-state index in [2.05, 4.69) is 6.92 Å². The minimum atomic E-state index is -0.582. The summed E-state index contributed by atoms with van der Waals surface area (Å²) in [5.74, 6) is 0. The normalized spacial score (nSPS) is 10.2. The van der Waals surface area contributed by atoms with Crippen LogP contribution in [0.15, 0.2) is 0 Å². The van der Waals surface area contributed by atoms with Crippen LogP contribution in [0.1, 0.15) is 72.1 Å². The molecule has 0 radical (unpaired) electrons. The highest BCUT2D eigenvalue weighted by Crippen LogP contribution is 2.06. The highest BCUT2D eigenvalue weighted by atomic mass is 16.6. The summed E-state index contributed by atoms with van der Waals surface area (Å²) in [5, 5.41) is 0. The molecule has 5 heteroatoms. The van der Waals surface area contributed by atoms with E-state index in [1.165, 1.54) is 0 Å². The van der Waals surface area contributed by atoms with Gasteiger partial charge in [0.2, 0.25) is 0 Å². The van der Waals surface area contributed by atoms with Gasteiger partial charge in [0, 0.05) is 6.54 Å². The van der Waals surface area contributed by atoms with Gasteiger partial charge in [0.05, 0.1) is 13.2 Å². The second-order valence-corrected chi connectivity index (χ2v) is 5.15. The number of carbonyl (C=O) groups excluding carboxylic acids is 2. The zero-order valence-electron chi connectivity index (χ0n) is 13.9. The quantitative estimate of drug-likeness (QED) is 0.517. The van der Waals surface area contributed by atoms with Crippen LogP contribution in [0.2, 0.25) is 0 Å². The van der Waals surface area contributed by atoms with E-state index in [9.17, 15) is 9.59 Å². The smallest absolute Gasteiger partial charge is 0.419 e. The number of hydrogen-bond acceptors (Lipinski definition) is 4. The van der Waals surface area contributed by atoms with Gasteiger partial charge in [-0.25, -0.2) is 14.5 Å². The van der Waals surface area contributed by atoms with E-state index >= 15 is 0 Å². The maximum absolute atomic E-state index is 12.0. The molecule has 0 rings (SSSR count). The summed E-state index contributed by atoms with van der Waals surface area (Å²) in [5.41, 5.74) is 0. The number of ether oxygens (including phenoxy) is 2. The van der Waals surface area contributed by atoms with Crippen molar-refractivity contribution in [3.63, 3.8) is 0 Å². The van der Waals surface area contributed by atoms with Gasteiger partial charge in [-0.1, -0.05) is 52.9 Å². The van der Waals surface area contributed by atoms with Crippen molar-refractivity contribution in [2.24, 2.45) is 0 Å². The lowest BCUT2D eigenvalue weighted by atomic mass is 10.2. The summed E-state index contributed by atoms with van der Waals surface area (Å²) in [6.07, 6.45) is 6.35. The predicted molar refractivity (Wildman–Crippen MR) is 83.4 cm³/mol. The van der Waals surface area contributed by atoms with Crippen LogP contribution in [0, 0.1) is 0 Å². The van der Waals surface area contributed by atoms with Crippen molar-refractivity contribution >= 4 is 12.2 Å².